The van der Waals surface area contributed by atoms with Gasteiger partial charge in [0.1, 0.15) is 12.5 Å². The molecule has 0 saturated carbocycles. The smallest absolute Gasteiger partial charge is 0.336 e. The zero-order chi connectivity index (χ0) is 25.3. The molecule has 1 aliphatic rings. The van der Waals surface area contributed by atoms with Crippen LogP contribution in [0.3, 0.4) is 0 Å². The van der Waals surface area contributed by atoms with Crippen LogP contribution in [0.2, 0.25) is 0 Å². The third kappa shape index (κ3) is 7.21. The van der Waals surface area contributed by atoms with E-state index in [2.05, 4.69) is 11.9 Å². The maximum absolute atomic E-state index is 13.2. The Morgan fingerprint density at radius 2 is 1.88 bits per heavy atom. The Balaban J connectivity index is 2.35. The molecule has 0 amide bonds. The fourth-order valence-corrected chi connectivity index (χ4v) is 3.93. The zero-order valence-electron chi connectivity index (χ0n) is 20.5. The predicted molar refractivity (Wildman–Crippen MR) is 128 cm³/mol. The third-order valence-electron chi connectivity index (χ3n) is 5.45. The van der Waals surface area contributed by atoms with Crippen molar-refractivity contribution >= 4 is 23.3 Å². The number of allylic oxidation sites excluding steroid dienone is 1. The average molecular weight is 475 g/mol. The van der Waals surface area contributed by atoms with E-state index in [1.807, 2.05) is 0 Å². The van der Waals surface area contributed by atoms with Crippen molar-refractivity contribution in [1.82, 2.24) is 0 Å². The molecular weight excluding hydrogens is 440 g/mol. The lowest BCUT2D eigenvalue weighted by atomic mass is 9.75. The number of aliphatic imine (C=N–C) groups is 1. The number of nitro groups is 1. The van der Waals surface area contributed by atoms with Crippen molar-refractivity contribution in [3.8, 4) is 0 Å². The largest absolute Gasteiger partial charge is 0.462 e. The van der Waals surface area contributed by atoms with Crippen LogP contribution in [0, 0.1) is 16.0 Å². The van der Waals surface area contributed by atoms with Crippen molar-refractivity contribution in [2.24, 2.45) is 10.9 Å². The van der Waals surface area contributed by atoms with Crippen molar-refractivity contribution in [3.63, 3.8) is 0 Å². The van der Waals surface area contributed by atoms with Gasteiger partial charge in [-0.25, -0.2) is 4.79 Å². The highest BCUT2D eigenvalue weighted by atomic mass is 16.6. The van der Waals surface area contributed by atoms with Crippen LogP contribution in [-0.2, 0) is 23.8 Å². The van der Waals surface area contributed by atoms with Gasteiger partial charge in [0.15, 0.2) is 0 Å². The van der Waals surface area contributed by atoms with Crippen LogP contribution in [0.5, 0.6) is 0 Å². The Kier molecular flexibility index (Phi) is 10.4. The fourth-order valence-electron chi connectivity index (χ4n) is 3.93. The van der Waals surface area contributed by atoms with Gasteiger partial charge in [-0.1, -0.05) is 31.9 Å². The molecule has 0 radical (unpaired) electrons. The summed E-state index contributed by atoms with van der Waals surface area (Å²) in [5.41, 5.74) is 1.35. The molecule has 0 fully saturated rings. The van der Waals surface area contributed by atoms with Crippen molar-refractivity contribution in [2.45, 2.75) is 65.9 Å². The topological polar surface area (TPSA) is 117 Å². The number of rotatable bonds is 12. The van der Waals surface area contributed by atoms with Gasteiger partial charge in [-0.05, 0) is 39.7 Å². The molecule has 1 aromatic rings. The lowest BCUT2D eigenvalue weighted by Crippen LogP contribution is -2.37. The van der Waals surface area contributed by atoms with Crippen LogP contribution < -0.4 is 0 Å². The molecule has 0 N–H and O–H groups in total. The number of ether oxygens (including phenoxy) is 3. The summed E-state index contributed by atoms with van der Waals surface area (Å²) in [7, 11) is 0. The lowest BCUT2D eigenvalue weighted by Gasteiger charge is -2.32. The van der Waals surface area contributed by atoms with Gasteiger partial charge in [0, 0.05) is 36.1 Å². The van der Waals surface area contributed by atoms with Crippen LogP contribution in [0.15, 0.2) is 40.5 Å². The zero-order valence-corrected chi connectivity index (χ0v) is 20.5. The van der Waals surface area contributed by atoms with Gasteiger partial charge >= 0.3 is 11.9 Å². The first-order valence-electron chi connectivity index (χ1n) is 11.6. The van der Waals surface area contributed by atoms with E-state index < -0.39 is 28.7 Å². The maximum Gasteiger partial charge on any atom is 0.336 e. The van der Waals surface area contributed by atoms with Crippen molar-refractivity contribution in [3.05, 3.63) is 51.2 Å². The second kappa shape index (κ2) is 13.0. The highest BCUT2D eigenvalue weighted by molar-refractivity contribution is 6.07. The normalized spacial score (nSPS) is 18.0. The Labute approximate surface area is 200 Å². The van der Waals surface area contributed by atoms with Crippen molar-refractivity contribution in [2.75, 3.05) is 19.8 Å². The molecule has 1 aromatic carbocycles. The van der Waals surface area contributed by atoms with Crippen LogP contribution >= 0.6 is 0 Å². The molecule has 0 spiro atoms. The van der Waals surface area contributed by atoms with E-state index in [0.29, 0.717) is 23.6 Å². The minimum Gasteiger partial charge on any atom is -0.462 e. The predicted octanol–water partition coefficient (Wildman–Crippen LogP) is 4.74. The number of unbranched alkanes of at least 4 members (excludes halogenated alkanes) is 2. The molecule has 1 heterocycles. The van der Waals surface area contributed by atoms with Gasteiger partial charge in [0.25, 0.3) is 5.69 Å². The molecule has 2 unspecified atom stereocenters. The van der Waals surface area contributed by atoms with Gasteiger partial charge in [-0.2, -0.15) is 0 Å². The Hall–Kier alpha value is -3.07. The third-order valence-corrected chi connectivity index (χ3v) is 5.45. The van der Waals surface area contributed by atoms with E-state index in [4.69, 9.17) is 14.2 Å². The Morgan fingerprint density at radius 3 is 2.53 bits per heavy atom. The summed E-state index contributed by atoms with van der Waals surface area (Å²) in [5.74, 6) is -2.93. The quantitative estimate of drug-likeness (QED) is 0.186. The molecule has 9 nitrogen and oxygen atoms in total. The number of esters is 2. The molecule has 186 valence electrons. The fraction of sp³-hybridized carbons (Fsp3) is 0.560. The van der Waals surface area contributed by atoms with E-state index in [9.17, 15) is 19.7 Å². The van der Waals surface area contributed by atoms with E-state index in [1.165, 1.54) is 18.2 Å². The Morgan fingerprint density at radius 1 is 1.15 bits per heavy atom. The van der Waals surface area contributed by atoms with Crippen LogP contribution in [-0.4, -0.2) is 48.5 Å². The van der Waals surface area contributed by atoms with Gasteiger partial charge in [0.05, 0.1) is 23.2 Å². The number of nitro benzene ring substituents is 1. The molecule has 34 heavy (non-hydrogen) atoms. The number of hydrogen-bond donors (Lipinski definition) is 0. The molecule has 0 aliphatic carbocycles. The SMILES string of the molecule is CCCCCOCCOC(=O)C1=C(C)N=C(C)C(C(=O)OC(C)C)C1c1cccc([N+](=O)[O-])c1. The van der Waals surface area contributed by atoms with E-state index in [-0.39, 0.29) is 30.6 Å². The van der Waals surface area contributed by atoms with Crippen molar-refractivity contribution in [1.29, 1.82) is 0 Å². The number of hydrogen-bond acceptors (Lipinski definition) is 8. The number of non-ortho nitro benzene ring substituents is 1. The van der Waals surface area contributed by atoms with E-state index >= 15 is 0 Å². The highest BCUT2D eigenvalue weighted by Gasteiger charge is 2.43. The summed E-state index contributed by atoms with van der Waals surface area (Å²) < 4.78 is 16.4. The highest BCUT2D eigenvalue weighted by Crippen LogP contribution is 2.41. The second-order valence-corrected chi connectivity index (χ2v) is 8.50. The minimum absolute atomic E-state index is 0.0488. The van der Waals surface area contributed by atoms with Crippen molar-refractivity contribution < 1.29 is 28.7 Å². The molecule has 2 atom stereocenters. The number of carbonyl (C=O) groups is 2. The van der Waals surface area contributed by atoms with Gasteiger partial charge in [-0.15, -0.1) is 0 Å². The molecule has 0 aromatic heterocycles. The number of nitrogens with zero attached hydrogens (tertiary/aromatic N) is 2. The van der Waals surface area contributed by atoms with E-state index in [0.717, 1.165) is 19.3 Å². The lowest BCUT2D eigenvalue weighted by molar-refractivity contribution is -0.384. The molecule has 0 saturated heterocycles. The monoisotopic (exact) mass is 474 g/mol. The summed E-state index contributed by atoms with van der Waals surface area (Å²) in [5, 5.41) is 11.4. The molecule has 2 rings (SSSR count). The van der Waals surface area contributed by atoms with Gasteiger partial charge < -0.3 is 14.2 Å². The maximum atomic E-state index is 13.2. The van der Waals surface area contributed by atoms with Crippen LogP contribution in [0.25, 0.3) is 0 Å². The molecule has 9 heteroatoms. The summed E-state index contributed by atoms with van der Waals surface area (Å²) in [6.07, 6.45) is 2.72. The standard InChI is InChI=1S/C25H34N2O7/c1-6-7-8-12-32-13-14-33-24(28)21-17(4)26-18(5)22(25(29)34-16(2)3)23(21)19-10-9-11-20(15-19)27(30)31/h9-11,15-16,22-23H,6-8,12-14H2,1-5H3. The summed E-state index contributed by atoms with van der Waals surface area (Å²) >= 11 is 0. The van der Waals surface area contributed by atoms with Crippen LogP contribution in [0.4, 0.5) is 5.69 Å². The molecule has 0 bridgehead atoms. The van der Waals surface area contributed by atoms with Gasteiger partial charge in [-0.3, -0.25) is 19.9 Å². The first kappa shape index (κ1) is 27.2. The first-order valence-corrected chi connectivity index (χ1v) is 11.6. The summed E-state index contributed by atoms with van der Waals surface area (Å²) in [6.45, 7) is 9.81. The summed E-state index contributed by atoms with van der Waals surface area (Å²) in [6, 6.07) is 5.92. The summed E-state index contributed by atoms with van der Waals surface area (Å²) in [4.78, 5) is 41.5. The van der Waals surface area contributed by atoms with E-state index in [1.54, 1.807) is 33.8 Å². The molecular formula is C25H34N2O7. The van der Waals surface area contributed by atoms with Gasteiger partial charge in [0.2, 0.25) is 0 Å². The van der Waals surface area contributed by atoms with Crippen LogP contribution in [0.1, 0.15) is 65.4 Å². The average Bonchev–Trinajstić information content (AvgIpc) is 2.77. The number of carbonyl (C=O) groups excluding carboxylic acids is 2. The second-order valence-electron chi connectivity index (χ2n) is 8.50. The first-order chi connectivity index (χ1) is 16.2. The number of benzene rings is 1. The minimum atomic E-state index is -0.916. The molecule has 1 aliphatic heterocycles. The Bertz CT molecular complexity index is 952.